The SMILES string of the molecule is CCNc1ccnc(C(=O)NCC2(SC)CCC2)c1. The molecule has 1 amide bonds. The lowest BCUT2D eigenvalue weighted by Gasteiger charge is -2.40. The maximum atomic E-state index is 12.1. The molecule has 1 fully saturated rings. The minimum atomic E-state index is -0.0833. The lowest BCUT2D eigenvalue weighted by Crippen LogP contribution is -2.45. The zero-order valence-corrected chi connectivity index (χ0v) is 12.3. The molecule has 1 aromatic rings. The van der Waals surface area contributed by atoms with Crippen LogP contribution in [0.15, 0.2) is 18.3 Å². The van der Waals surface area contributed by atoms with Gasteiger partial charge in [-0.3, -0.25) is 9.78 Å². The number of nitrogens with one attached hydrogen (secondary N) is 2. The Morgan fingerprint density at radius 2 is 2.32 bits per heavy atom. The summed E-state index contributed by atoms with van der Waals surface area (Å²) in [5, 5.41) is 6.20. The Balaban J connectivity index is 1.94. The van der Waals surface area contributed by atoms with Crippen molar-refractivity contribution in [3.05, 3.63) is 24.0 Å². The predicted octanol–water partition coefficient (Wildman–Crippen LogP) is 2.53. The van der Waals surface area contributed by atoms with Crippen molar-refractivity contribution in [3.63, 3.8) is 0 Å². The second kappa shape index (κ2) is 6.28. The normalized spacial score (nSPS) is 16.5. The fraction of sp³-hybridized carbons (Fsp3) is 0.571. The van der Waals surface area contributed by atoms with Gasteiger partial charge in [-0.1, -0.05) is 6.42 Å². The quantitative estimate of drug-likeness (QED) is 0.840. The largest absolute Gasteiger partial charge is 0.385 e. The summed E-state index contributed by atoms with van der Waals surface area (Å²) < 4.78 is 0.259. The topological polar surface area (TPSA) is 54.0 Å². The molecule has 1 heterocycles. The standard InChI is InChI=1S/C14H21N3OS/c1-3-15-11-5-8-16-12(9-11)13(18)17-10-14(19-2)6-4-7-14/h5,8-9H,3-4,6-7,10H2,1-2H3,(H,15,16)(H,17,18). The van der Waals surface area contributed by atoms with Crippen LogP contribution >= 0.6 is 11.8 Å². The number of nitrogens with zero attached hydrogens (tertiary/aromatic N) is 1. The maximum absolute atomic E-state index is 12.1. The summed E-state index contributed by atoms with van der Waals surface area (Å²) in [4.78, 5) is 16.2. The molecule has 0 unspecified atom stereocenters. The molecule has 0 radical (unpaired) electrons. The predicted molar refractivity (Wildman–Crippen MR) is 80.8 cm³/mol. The van der Waals surface area contributed by atoms with Gasteiger partial charge in [0.1, 0.15) is 5.69 Å². The number of thioether (sulfide) groups is 1. The molecule has 2 N–H and O–H groups in total. The number of carbonyl (C=O) groups is 1. The van der Waals surface area contributed by atoms with E-state index in [1.165, 1.54) is 19.3 Å². The van der Waals surface area contributed by atoms with E-state index in [1.54, 1.807) is 12.3 Å². The van der Waals surface area contributed by atoms with Crippen LogP contribution in [0, 0.1) is 0 Å². The summed E-state index contributed by atoms with van der Waals surface area (Å²) in [5.74, 6) is -0.0833. The monoisotopic (exact) mass is 279 g/mol. The van der Waals surface area contributed by atoms with Crippen LogP contribution < -0.4 is 10.6 Å². The van der Waals surface area contributed by atoms with Gasteiger partial charge in [-0.25, -0.2) is 0 Å². The van der Waals surface area contributed by atoms with Gasteiger partial charge in [-0.05, 0) is 38.2 Å². The molecule has 0 atom stereocenters. The number of rotatable bonds is 6. The Hall–Kier alpha value is -1.23. The summed E-state index contributed by atoms with van der Waals surface area (Å²) in [6.07, 6.45) is 7.44. The molecule has 19 heavy (non-hydrogen) atoms. The highest BCUT2D eigenvalue weighted by molar-refractivity contribution is 8.00. The molecule has 1 saturated carbocycles. The molecule has 1 aliphatic carbocycles. The van der Waals surface area contributed by atoms with Gasteiger partial charge in [0.2, 0.25) is 0 Å². The molecule has 1 aromatic heterocycles. The molecule has 104 valence electrons. The Labute approximate surface area is 118 Å². The van der Waals surface area contributed by atoms with Crippen LogP contribution in [-0.2, 0) is 0 Å². The fourth-order valence-electron chi connectivity index (χ4n) is 2.22. The third-order valence-electron chi connectivity index (χ3n) is 3.64. The second-order valence-electron chi connectivity index (χ2n) is 4.88. The van der Waals surface area contributed by atoms with E-state index in [0.717, 1.165) is 18.8 Å². The number of amides is 1. The van der Waals surface area contributed by atoms with E-state index in [2.05, 4.69) is 21.9 Å². The van der Waals surface area contributed by atoms with Crippen LogP contribution in [0.25, 0.3) is 0 Å². The first-order valence-corrected chi connectivity index (χ1v) is 7.95. The summed E-state index contributed by atoms with van der Waals surface area (Å²) in [7, 11) is 0. The average Bonchev–Trinajstić information content (AvgIpc) is 2.38. The third kappa shape index (κ3) is 3.41. The highest BCUT2D eigenvalue weighted by Gasteiger charge is 2.36. The molecule has 4 nitrogen and oxygen atoms in total. The lowest BCUT2D eigenvalue weighted by atomic mass is 9.84. The van der Waals surface area contributed by atoms with Gasteiger partial charge in [0.05, 0.1) is 0 Å². The highest BCUT2D eigenvalue weighted by Crippen LogP contribution is 2.42. The molecule has 0 saturated heterocycles. The first kappa shape index (κ1) is 14.2. The lowest BCUT2D eigenvalue weighted by molar-refractivity contribution is 0.0939. The van der Waals surface area contributed by atoms with Gasteiger partial charge in [-0.15, -0.1) is 0 Å². The molecular formula is C14H21N3OS. The molecule has 1 aliphatic rings. The average molecular weight is 279 g/mol. The summed E-state index contributed by atoms with van der Waals surface area (Å²) in [6.45, 7) is 3.60. The van der Waals surface area contributed by atoms with Crippen molar-refractivity contribution >= 4 is 23.4 Å². The zero-order chi connectivity index (χ0) is 13.7. The summed E-state index contributed by atoms with van der Waals surface area (Å²) >= 11 is 1.86. The van der Waals surface area contributed by atoms with Gasteiger partial charge < -0.3 is 10.6 Å². The highest BCUT2D eigenvalue weighted by atomic mass is 32.2. The van der Waals surface area contributed by atoms with Gasteiger partial charge in [-0.2, -0.15) is 11.8 Å². The first-order chi connectivity index (χ1) is 9.19. The Morgan fingerprint density at radius 3 is 2.89 bits per heavy atom. The molecule has 0 aliphatic heterocycles. The second-order valence-corrected chi connectivity index (χ2v) is 6.16. The minimum Gasteiger partial charge on any atom is -0.385 e. The van der Waals surface area contributed by atoms with E-state index in [-0.39, 0.29) is 10.7 Å². The zero-order valence-electron chi connectivity index (χ0n) is 11.5. The van der Waals surface area contributed by atoms with Crippen LogP contribution in [0.1, 0.15) is 36.7 Å². The van der Waals surface area contributed by atoms with Gasteiger partial charge in [0, 0.05) is 29.7 Å². The number of anilines is 1. The van der Waals surface area contributed by atoms with Crippen LogP contribution in [-0.4, -0.2) is 35.0 Å². The number of carbonyl (C=O) groups excluding carboxylic acids is 1. The number of hydrogen-bond acceptors (Lipinski definition) is 4. The van der Waals surface area contributed by atoms with Crippen molar-refractivity contribution in [2.45, 2.75) is 30.9 Å². The molecule has 0 aromatic carbocycles. The van der Waals surface area contributed by atoms with Crippen LogP contribution in [0.2, 0.25) is 0 Å². The van der Waals surface area contributed by atoms with E-state index in [1.807, 2.05) is 24.8 Å². The fourth-order valence-corrected chi connectivity index (χ4v) is 3.14. The third-order valence-corrected chi connectivity index (χ3v) is 5.06. The molecule has 5 heteroatoms. The smallest absolute Gasteiger partial charge is 0.270 e. The summed E-state index contributed by atoms with van der Waals surface area (Å²) in [5.41, 5.74) is 1.42. The van der Waals surface area contributed by atoms with Crippen molar-refractivity contribution in [2.75, 3.05) is 24.7 Å². The van der Waals surface area contributed by atoms with Crippen molar-refractivity contribution in [1.29, 1.82) is 0 Å². The molecule has 2 rings (SSSR count). The Morgan fingerprint density at radius 1 is 1.53 bits per heavy atom. The Bertz CT molecular complexity index is 441. The first-order valence-electron chi connectivity index (χ1n) is 6.72. The van der Waals surface area contributed by atoms with Gasteiger partial charge >= 0.3 is 0 Å². The van der Waals surface area contributed by atoms with E-state index < -0.39 is 0 Å². The van der Waals surface area contributed by atoms with Crippen LogP contribution in [0.3, 0.4) is 0 Å². The molecule has 0 bridgehead atoms. The van der Waals surface area contributed by atoms with Crippen molar-refractivity contribution < 1.29 is 4.79 Å². The van der Waals surface area contributed by atoms with Crippen LogP contribution in [0.5, 0.6) is 0 Å². The van der Waals surface area contributed by atoms with Crippen LogP contribution in [0.4, 0.5) is 5.69 Å². The van der Waals surface area contributed by atoms with E-state index >= 15 is 0 Å². The van der Waals surface area contributed by atoms with E-state index in [0.29, 0.717) is 5.69 Å². The van der Waals surface area contributed by atoms with Crippen molar-refractivity contribution in [1.82, 2.24) is 10.3 Å². The van der Waals surface area contributed by atoms with E-state index in [9.17, 15) is 4.79 Å². The number of aromatic nitrogens is 1. The number of pyridine rings is 1. The Kier molecular flexibility index (Phi) is 4.69. The minimum absolute atomic E-state index is 0.0833. The van der Waals surface area contributed by atoms with Gasteiger partial charge in [0.15, 0.2) is 0 Å². The van der Waals surface area contributed by atoms with Crippen molar-refractivity contribution in [2.24, 2.45) is 0 Å². The molecule has 0 spiro atoms. The number of hydrogen-bond donors (Lipinski definition) is 2. The summed E-state index contributed by atoms with van der Waals surface area (Å²) in [6, 6.07) is 3.67. The van der Waals surface area contributed by atoms with Crippen molar-refractivity contribution in [3.8, 4) is 0 Å². The molecular weight excluding hydrogens is 258 g/mol. The van der Waals surface area contributed by atoms with Gasteiger partial charge in [0.25, 0.3) is 5.91 Å². The maximum Gasteiger partial charge on any atom is 0.270 e. The van der Waals surface area contributed by atoms with E-state index in [4.69, 9.17) is 0 Å².